The van der Waals surface area contributed by atoms with Crippen molar-refractivity contribution in [2.24, 2.45) is 0 Å². The molecule has 0 radical (unpaired) electrons. The zero-order chi connectivity index (χ0) is 19.6. The molecule has 29 heavy (non-hydrogen) atoms. The van der Waals surface area contributed by atoms with E-state index in [1.807, 2.05) is 12.3 Å². The first kappa shape index (κ1) is 17.6. The van der Waals surface area contributed by atoms with E-state index in [2.05, 4.69) is 74.0 Å². The summed E-state index contributed by atoms with van der Waals surface area (Å²) in [5.41, 5.74) is 7.34. The predicted octanol–water partition coefficient (Wildman–Crippen LogP) is 3.86. The van der Waals surface area contributed by atoms with E-state index in [1.165, 1.54) is 5.56 Å². The standard InChI is InChI=1S/C23H21N5O/c29-9-8-25-13-15-3-5-20-18(10-15)12-22(26-20)23-19-11-16(4-6-21(19)27-28-23)17-2-1-7-24-14-17/h1-7,10-12,14,25-26,29H,8-9,13H2,(H,27,28). The number of aromatic amines is 2. The van der Waals surface area contributed by atoms with E-state index in [0.717, 1.165) is 50.9 Å². The maximum absolute atomic E-state index is 8.92. The summed E-state index contributed by atoms with van der Waals surface area (Å²) in [4.78, 5) is 7.71. The summed E-state index contributed by atoms with van der Waals surface area (Å²) in [6.07, 6.45) is 3.65. The second-order valence-corrected chi connectivity index (χ2v) is 7.08. The Labute approximate surface area is 167 Å². The minimum atomic E-state index is 0.143. The molecular formula is C23H21N5O. The van der Waals surface area contributed by atoms with Gasteiger partial charge in [-0.25, -0.2) is 0 Å². The quantitative estimate of drug-likeness (QED) is 0.335. The molecule has 5 aromatic rings. The van der Waals surface area contributed by atoms with Crippen LogP contribution in [0.1, 0.15) is 5.56 Å². The largest absolute Gasteiger partial charge is 0.395 e. The number of aromatic nitrogens is 4. The predicted molar refractivity (Wildman–Crippen MR) is 115 cm³/mol. The second-order valence-electron chi connectivity index (χ2n) is 7.08. The fraction of sp³-hybridized carbons (Fsp3) is 0.130. The highest BCUT2D eigenvalue weighted by atomic mass is 16.3. The Balaban J connectivity index is 1.53. The van der Waals surface area contributed by atoms with Crippen LogP contribution in [0.3, 0.4) is 0 Å². The van der Waals surface area contributed by atoms with Crippen molar-refractivity contribution in [1.29, 1.82) is 0 Å². The molecule has 0 spiro atoms. The van der Waals surface area contributed by atoms with Crippen LogP contribution in [0.15, 0.2) is 67.0 Å². The lowest BCUT2D eigenvalue weighted by atomic mass is 10.0. The second kappa shape index (κ2) is 7.50. The summed E-state index contributed by atoms with van der Waals surface area (Å²) in [6, 6.07) is 18.8. The Morgan fingerprint density at radius 3 is 2.76 bits per heavy atom. The van der Waals surface area contributed by atoms with Crippen LogP contribution in [0.2, 0.25) is 0 Å². The monoisotopic (exact) mass is 383 g/mol. The lowest BCUT2D eigenvalue weighted by molar-refractivity contribution is 0.292. The highest BCUT2D eigenvalue weighted by molar-refractivity contribution is 5.97. The van der Waals surface area contributed by atoms with Gasteiger partial charge >= 0.3 is 0 Å². The van der Waals surface area contributed by atoms with Gasteiger partial charge in [0.2, 0.25) is 0 Å². The first-order chi connectivity index (χ1) is 14.3. The van der Waals surface area contributed by atoms with Gasteiger partial charge in [-0.3, -0.25) is 10.1 Å². The summed E-state index contributed by atoms with van der Waals surface area (Å²) >= 11 is 0. The molecule has 3 aromatic heterocycles. The number of aliphatic hydroxyl groups is 1. The summed E-state index contributed by atoms with van der Waals surface area (Å²) in [5, 5.41) is 22.1. The van der Waals surface area contributed by atoms with Crippen molar-refractivity contribution in [3.8, 4) is 22.5 Å². The van der Waals surface area contributed by atoms with Crippen LogP contribution in [0.4, 0.5) is 0 Å². The lowest BCUT2D eigenvalue weighted by Crippen LogP contribution is -2.17. The first-order valence-electron chi connectivity index (χ1n) is 9.64. The third-order valence-corrected chi connectivity index (χ3v) is 5.12. The molecule has 0 saturated heterocycles. The first-order valence-corrected chi connectivity index (χ1v) is 9.64. The van der Waals surface area contributed by atoms with Gasteiger partial charge in [-0.15, -0.1) is 0 Å². The molecule has 144 valence electrons. The maximum atomic E-state index is 8.92. The highest BCUT2D eigenvalue weighted by Crippen LogP contribution is 2.31. The van der Waals surface area contributed by atoms with Gasteiger partial charge in [-0.1, -0.05) is 18.2 Å². The van der Waals surface area contributed by atoms with Crippen molar-refractivity contribution in [2.75, 3.05) is 13.2 Å². The summed E-state index contributed by atoms with van der Waals surface area (Å²) in [5.74, 6) is 0. The number of aliphatic hydroxyl groups excluding tert-OH is 1. The molecule has 0 aliphatic heterocycles. The Bertz CT molecular complexity index is 1270. The Hall–Kier alpha value is -3.48. The van der Waals surface area contributed by atoms with Crippen molar-refractivity contribution >= 4 is 21.8 Å². The van der Waals surface area contributed by atoms with E-state index in [-0.39, 0.29) is 6.61 Å². The van der Waals surface area contributed by atoms with Gasteiger partial charge in [-0.05, 0) is 47.5 Å². The van der Waals surface area contributed by atoms with E-state index < -0.39 is 0 Å². The Morgan fingerprint density at radius 1 is 0.966 bits per heavy atom. The molecular weight excluding hydrogens is 362 g/mol. The van der Waals surface area contributed by atoms with Crippen LogP contribution in [0.25, 0.3) is 44.3 Å². The van der Waals surface area contributed by atoms with Crippen molar-refractivity contribution < 1.29 is 5.11 Å². The Kier molecular flexibility index (Phi) is 4.56. The minimum Gasteiger partial charge on any atom is -0.395 e. The Morgan fingerprint density at radius 2 is 1.90 bits per heavy atom. The molecule has 0 unspecified atom stereocenters. The number of rotatable bonds is 6. The average molecular weight is 383 g/mol. The highest BCUT2D eigenvalue weighted by Gasteiger charge is 2.12. The SMILES string of the molecule is OCCNCc1ccc2[nH]c(-c3n[nH]c4ccc(-c5cccnc5)cc34)cc2c1. The number of pyridine rings is 1. The molecule has 0 aliphatic rings. The van der Waals surface area contributed by atoms with Gasteiger partial charge in [-0.2, -0.15) is 5.10 Å². The van der Waals surface area contributed by atoms with Gasteiger partial charge in [0.05, 0.1) is 17.8 Å². The van der Waals surface area contributed by atoms with E-state index >= 15 is 0 Å². The zero-order valence-electron chi connectivity index (χ0n) is 15.8. The van der Waals surface area contributed by atoms with E-state index in [0.29, 0.717) is 6.54 Å². The molecule has 2 aromatic carbocycles. The van der Waals surface area contributed by atoms with Crippen molar-refractivity contribution in [2.45, 2.75) is 6.54 Å². The van der Waals surface area contributed by atoms with Gasteiger partial charge in [0.25, 0.3) is 0 Å². The lowest BCUT2D eigenvalue weighted by Gasteiger charge is -2.02. The van der Waals surface area contributed by atoms with Crippen LogP contribution in [-0.2, 0) is 6.54 Å². The maximum Gasteiger partial charge on any atom is 0.116 e. The average Bonchev–Trinajstić information content (AvgIpc) is 3.37. The van der Waals surface area contributed by atoms with Gasteiger partial charge in [0.15, 0.2) is 0 Å². The number of H-pyrrole nitrogens is 2. The normalized spacial score (nSPS) is 11.5. The van der Waals surface area contributed by atoms with Crippen LogP contribution in [0.5, 0.6) is 0 Å². The van der Waals surface area contributed by atoms with Crippen LogP contribution in [-0.4, -0.2) is 38.4 Å². The molecule has 3 heterocycles. The van der Waals surface area contributed by atoms with E-state index in [9.17, 15) is 0 Å². The molecule has 6 nitrogen and oxygen atoms in total. The van der Waals surface area contributed by atoms with Gasteiger partial charge < -0.3 is 15.4 Å². The molecule has 0 amide bonds. The number of nitrogens with one attached hydrogen (secondary N) is 3. The zero-order valence-corrected chi connectivity index (χ0v) is 15.8. The summed E-state index contributed by atoms with van der Waals surface area (Å²) in [7, 11) is 0. The molecule has 6 heteroatoms. The number of hydrogen-bond acceptors (Lipinski definition) is 4. The van der Waals surface area contributed by atoms with Crippen molar-refractivity contribution in [1.82, 2.24) is 25.5 Å². The molecule has 4 N–H and O–H groups in total. The molecule has 0 saturated carbocycles. The number of fused-ring (bicyclic) bond motifs is 2. The topological polar surface area (TPSA) is 89.6 Å². The van der Waals surface area contributed by atoms with Gasteiger partial charge in [0.1, 0.15) is 5.69 Å². The van der Waals surface area contributed by atoms with E-state index in [1.54, 1.807) is 6.20 Å². The number of hydrogen-bond donors (Lipinski definition) is 4. The van der Waals surface area contributed by atoms with E-state index in [4.69, 9.17) is 5.11 Å². The summed E-state index contributed by atoms with van der Waals surface area (Å²) < 4.78 is 0. The molecule has 5 rings (SSSR count). The van der Waals surface area contributed by atoms with Crippen LogP contribution < -0.4 is 5.32 Å². The van der Waals surface area contributed by atoms with Gasteiger partial charge in [0, 0.05) is 47.3 Å². The summed E-state index contributed by atoms with van der Waals surface area (Å²) in [6.45, 7) is 1.47. The number of nitrogens with zero attached hydrogens (tertiary/aromatic N) is 2. The molecule has 0 fully saturated rings. The fourth-order valence-electron chi connectivity index (χ4n) is 3.66. The number of benzene rings is 2. The fourth-order valence-corrected chi connectivity index (χ4v) is 3.66. The van der Waals surface area contributed by atoms with Crippen molar-refractivity contribution in [3.05, 3.63) is 72.6 Å². The smallest absolute Gasteiger partial charge is 0.116 e. The molecule has 0 aliphatic carbocycles. The van der Waals surface area contributed by atoms with Crippen LogP contribution >= 0.6 is 0 Å². The minimum absolute atomic E-state index is 0.143. The van der Waals surface area contributed by atoms with Crippen molar-refractivity contribution in [3.63, 3.8) is 0 Å². The third kappa shape index (κ3) is 3.40. The third-order valence-electron chi connectivity index (χ3n) is 5.12. The molecule has 0 bridgehead atoms. The molecule has 0 atom stereocenters. The van der Waals surface area contributed by atoms with Crippen LogP contribution in [0, 0.1) is 0 Å².